The Balaban J connectivity index is 1.98. The van der Waals surface area contributed by atoms with Gasteiger partial charge < -0.3 is 20.4 Å². The highest BCUT2D eigenvalue weighted by molar-refractivity contribution is 6.32. The van der Waals surface area contributed by atoms with Gasteiger partial charge in [0.25, 0.3) is 0 Å². The quantitative estimate of drug-likeness (QED) is 0.718. The molecule has 21 heavy (non-hydrogen) atoms. The molecule has 0 unspecified atom stereocenters. The number of urea groups is 1. The second kappa shape index (κ2) is 7.33. The van der Waals surface area contributed by atoms with Crippen molar-refractivity contribution < 1.29 is 9.53 Å². The van der Waals surface area contributed by atoms with Crippen LogP contribution in [0.4, 0.5) is 4.79 Å². The number of halogens is 1. The first-order valence-electron chi connectivity index (χ1n) is 6.94. The fraction of sp³-hybridized carbons (Fsp3) is 0.400. The number of H-pyrrole nitrogens is 1. The standard InChI is InChI=1S/C15H20ClN3O2/c1-3-10-8-14-11(7-13(10)16)6-12(19-14)9-18-15(20)17-4-5-21-2/h6-8,19H,3-5,9H2,1-2H3,(H2,17,18,20). The molecule has 1 heterocycles. The van der Waals surface area contributed by atoms with Gasteiger partial charge in [-0.15, -0.1) is 0 Å². The van der Waals surface area contributed by atoms with Crippen molar-refractivity contribution in [1.29, 1.82) is 0 Å². The van der Waals surface area contributed by atoms with Crippen LogP contribution in [0.25, 0.3) is 10.9 Å². The van der Waals surface area contributed by atoms with Crippen LogP contribution in [0.15, 0.2) is 18.2 Å². The van der Waals surface area contributed by atoms with E-state index in [1.165, 1.54) is 0 Å². The molecule has 114 valence electrons. The van der Waals surface area contributed by atoms with E-state index in [1.54, 1.807) is 7.11 Å². The van der Waals surface area contributed by atoms with E-state index < -0.39 is 0 Å². The number of aromatic nitrogens is 1. The third kappa shape index (κ3) is 4.12. The van der Waals surface area contributed by atoms with Gasteiger partial charge in [-0.05, 0) is 30.2 Å². The molecule has 0 aliphatic carbocycles. The molecule has 0 fully saturated rings. The van der Waals surface area contributed by atoms with Gasteiger partial charge in [0.2, 0.25) is 0 Å². The van der Waals surface area contributed by atoms with Gasteiger partial charge in [-0.25, -0.2) is 4.79 Å². The molecule has 6 heteroatoms. The lowest BCUT2D eigenvalue weighted by atomic mass is 10.1. The van der Waals surface area contributed by atoms with Gasteiger partial charge in [-0.1, -0.05) is 18.5 Å². The zero-order valence-electron chi connectivity index (χ0n) is 12.3. The number of hydrogen-bond donors (Lipinski definition) is 3. The molecular weight excluding hydrogens is 290 g/mol. The van der Waals surface area contributed by atoms with Crippen molar-refractivity contribution in [2.45, 2.75) is 19.9 Å². The summed E-state index contributed by atoms with van der Waals surface area (Å²) in [5, 5.41) is 7.33. The fourth-order valence-corrected chi connectivity index (χ4v) is 2.43. The molecule has 5 nitrogen and oxygen atoms in total. The number of benzene rings is 1. The third-order valence-electron chi connectivity index (χ3n) is 3.26. The van der Waals surface area contributed by atoms with Gasteiger partial charge in [0, 0.05) is 35.3 Å². The van der Waals surface area contributed by atoms with E-state index in [1.807, 2.05) is 12.1 Å². The molecule has 0 saturated heterocycles. The normalized spacial score (nSPS) is 10.8. The average Bonchev–Trinajstić information content (AvgIpc) is 2.86. The summed E-state index contributed by atoms with van der Waals surface area (Å²) in [6.07, 6.45) is 0.892. The Kier molecular flexibility index (Phi) is 5.47. The maximum absolute atomic E-state index is 11.5. The van der Waals surface area contributed by atoms with Crippen molar-refractivity contribution in [1.82, 2.24) is 15.6 Å². The van der Waals surface area contributed by atoms with Gasteiger partial charge in [-0.2, -0.15) is 0 Å². The number of nitrogens with one attached hydrogen (secondary N) is 3. The molecule has 0 atom stereocenters. The number of rotatable bonds is 6. The molecule has 3 N–H and O–H groups in total. The summed E-state index contributed by atoms with van der Waals surface area (Å²) in [5.41, 5.74) is 3.09. The van der Waals surface area contributed by atoms with Crippen LogP contribution in [0.3, 0.4) is 0 Å². The van der Waals surface area contributed by atoms with Crippen molar-refractivity contribution in [3.05, 3.63) is 34.5 Å². The van der Waals surface area contributed by atoms with Gasteiger partial charge in [0.15, 0.2) is 0 Å². The van der Waals surface area contributed by atoms with Crippen LogP contribution in [0.1, 0.15) is 18.2 Å². The lowest BCUT2D eigenvalue weighted by molar-refractivity contribution is 0.196. The summed E-state index contributed by atoms with van der Waals surface area (Å²) in [7, 11) is 1.60. The molecule has 1 aromatic heterocycles. The highest BCUT2D eigenvalue weighted by Crippen LogP contribution is 2.25. The van der Waals surface area contributed by atoms with E-state index >= 15 is 0 Å². The van der Waals surface area contributed by atoms with Crippen LogP contribution in [0, 0.1) is 0 Å². The molecule has 0 aliphatic heterocycles. The molecule has 2 rings (SSSR count). The van der Waals surface area contributed by atoms with E-state index in [4.69, 9.17) is 16.3 Å². The van der Waals surface area contributed by atoms with Crippen LogP contribution >= 0.6 is 11.6 Å². The van der Waals surface area contributed by atoms with Crippen LogP contribution < -0.4 is 10.6 Å². The summed E-state index contributed by atoms with van der Waals surface area (Å²) in [4.78, 5) is 14.8. The van der Waals surface area contributed by atoms with Gasteiger partial charge in [0.1, 0.15) is 0 Å². The van der Waals surface area contributed by atoms with Gasteiger partial charge in [0.05, 0.1) is 13.2 Å². The molecule has 0 bridgehead atoms. The van der Waals surface area contributed by atoms with E-state index in [-0.39, 0.29) is 6.03 Å². The van der Waals surface area contributed by atoms with Crippen molar-refractivity contribution >= 4 is 28.5 Å². The zero-order chi connectivity index (χ0) is 15.2. The summed E-state index contributed by atoms with van der Waals surface area (Å²) < 4.78 is 4.87. The van der Waals surface area contributed by atoms with E-state index in [2.05, 4.69) is 28.6 Å². The summed E-state index contributed by atoms with van der Waals surface area (Å²) in [5.74, 6) is 0. The molecule has 0 radical (unpaired) electrons. The van der Waals surface area contributed by atoms with Gasteiger partial charge in [-0.3, -0.25) is 0 Å². The fourth-order valence-electron chi connectivity index (χ4n) is 2.13. The van der Waals surface area contributed by atoms with Gasteiger partial charge >= 0.3 is 6.03 Å². The Morgan fingerprint density at radius 2 is 2.14 bits per heavy atom. The minimum absolute atomic E-state index is 0.210. The van der Waals surface area contributed by atoms with E-state index in [0.29, 0.717) is 19.7 Å². The van der Waals surface area contributed by atoms with Crippen LogP contribution in [0.2, 0.25) is 5.02 Å². The lowest BCUT2D eigenvalue weighted by Crippen LogP contribution is -2.36. The molecule has 2 aromatic rings. The number of carbonyl (C=O) groups excluding carboxylic acids is 1. The van der Waals surface area contributed by atoms with Crippen LogP contribution in [0.5, 0.6) is 0 Å². The van der Waals surface area contributed by atoms with E-state index in [0.717, 1.165) is 33.6 Å². The highest BCUT2D eigenvalue weighted by atomic mass is 35.5. The Morgan fingerprint density at radius 3 is 2.86 bits per heavy atom. The highest BCUT2D eigenvalue weighted by Gasteiger charge is 2.06. The van der Waals surface area contributed by atoms with Crippen LogP contribution in [-0.4, -0.2) is 31.3 Å². The third-order valence-corrected chi connectivity index (χ3v) is 3.61. The summed E-state index contributed by atoms with van der Waals surface area (Å²) in [6, 6.07) is 5.79. The second-order valence-electron chi connectivity index (χ2n) is 4.78. The first-order valence-corrected chi connectivity index (χ1v) is 7.32. The van der Waals surface area contributed by atoms with Crippen molar-refractivity contribution in [3.8, 4) is 0 Å². The first kappa shape index (κ1) is 15.7. The molecule has 0 saturated carbocycles. The Labute approximate surface area is 129 Å². The van der Waals surface area contributed by atoms with Crippen molar-refractivity contribution in [3.63, 3.8) is 0 Å². The molecule has 0 spiro atoms. The Morgan fingerprint density at radius 1 is 1.33 bits per heavy atom. The van der Waals surface area contributed by atoms with Crippen LogP contribution in [-0.2, 0) is 17.7 Å². The summed E-state index contributed by atoms with van der Waals surface area (Å²) in [6.45, 7) is 3.50. The van der Waals surface area contributed by atoms with E-state index in [9.17, 15) is 4.79 Å². The lowest BCUT2D eigenvalue weighted by Gasteiger charge is -2.05. The first-order chi connectivity index (χ1) is 10.1. The molecule has 0 aliphatic rings. The largest absolute Gasteiger partial charge is 0.383 e. The minimum atomic E-state index is -0.210. The topological polar surface area (TPSA) is 66.2 Å². The number of hydrogen-bond acceptors (Lipinski definition) is 2. The smallest absolute Gasteiger partial charge is 0.315 e. The number of ether oxygens (including phenoxy) is 1. The second-order valence-corrected chi connectivity index (χ2v) is 5.19. The molecule has 1 aromatic carbocycles. The zero-order valence-corrected chi connectivity index (χ0v) is 13.0. The van der Waals surface area contributed by atoms with Crippen molar-refractivity contribution in [2.24, 2.45) is 0 Å². The number of fused-ring (bicyclic) bond motifs is 1. The monoisotopic (exact) mass is 309 g/mol. The number of methoxy groups -OCH3 is 1. The minimum Gasteiger partial charge on any atom is -0.383 e. The number of aryl methyl sites for hydroxylation is 1. The molecular formula is C15H20ClN3O2. The van der Waals surface area contributed by atoms with Crippen molar-refractivity contribution in [2.75, 3.05) is 20.3 Å². The average molecular weight is 310 g/mol. The number of carbonyl (C=O) groups is 1. The molecule has 2 amide bonds. The maximum atomic E-state index is 11.5. The summed E-state index contributed by atoms with van der Waals surface area (Å²) >= 11 is 6.21. The Hall–Kier alpha value is -1.72. The number of amides is 2. The number of aromatic amines is 1. The SMILES string of the molecule is CCc1cc2[nH]c(CNC(=O)NCCOC)cc2cc1Cl. The predicted molar refractivity (Wildman–Crippen MR) is 84.8 cm³/mol. The Bertz CT molecular complexity index is 625. The maximum Gasteiger partial charge on any atom is 0.315 e. The predicted octanol–water partition coefficient (Wildman–Crippen LogP) is 2.83.